The van der Waals surface area contributed by atoms with Gasteiger partial charge in [-0.3, -0.25) is 14.4 Å². The molecule has 0 bridgehead atoms. The van der Waals surface area contributed by atoms with Crippen LogP contribution in [0.25, 0.3) is 0 Å². The second kappa shape index (κ2) is 9.42. The number of halogens is 1. The second-order valence-electron chi connectivity index (χ2n) is 6.29. The Morgan fingerprint density at radius 3 is 2.52 bits per heavy atom. The normalized spacial score (nSPS) is 19.8. The van der Waals surface area contributed by atoms with Crippen molar-refractivity contribution < 1.29 is 19.1 Å². The van der Waals surface area contributed by atoms with Gasteiger partial charge in [0.15, 0.2) is 6.61 Å². The van der Waals surface area contributed by atoms with Crippen molar-refractivity contribution in [2.24, 2.45) is 5.92 Å². The van der Waals surface area contributed by atoms with E-state index in [0.29, 0.717) is 16.5 Å². The summed E-state index contributed by atoms with van der Waals surface area (Å²) in [6, 6.07) is 6.44. The highest BCUT2D eigenvalue weighted by molar-refractivity contribution is 6.30. The summed E-state index contributed by atoms with van der Waals surface area (Å²) in [7, 11) is 0. The third kappa shape index (κ3) is 6.38. The average molecular weight is 367 g/mol. The Kier molecular flexibility index (Phi) is 7.25. The van der Waals surface area contributed by atoms with E-state index in [1.54, 1.807) is 24.3 Å². The number of rotatable bonds is 6. The van der Waals surface area contributed by atoms with Gasteiger partial charge in [-0.1, -0.05) is 31.4 Å². The fourth-order valence-corrected chi connectivity index (χ4v) is 2.96. The molecule has 0 aromatic heterocycles. The molecule has 1 aliphatic carbocycles. The van der Waals surface area contributed by atoms with Crippen molar-refractivity contribution in [1.29, 1.82) is 0 Å². The summed E-state index contributed by atoms with van der Waals surface area (Å²) in [5.74, 6) is -0.938. The molecule has 2 atom stereocenters. The van der Waals surface area contributed by atoms with Crippen LogP contribution in [0.4, 0.5) is 0 Å². The molecule has 25 heavy (non-hydrogen) atoms. The first-order chi connectivity index (χ1) is 12.0. The Morgan fingerprint density at radius 2 is 1.84 bits per heavy atom. The molecule has 1 aliphatic rings. The summed E-state index contributed by atoms with van der Waals surface area (Å²) < 4.78 is 4.90. The van der Waals surface area contributed by atoms with Gasteiger partial charge in [-0.25, -0.2) is 0 Å². The predicted molar refractivity (Wildman–Crippen MR) is 94.3 cm³/mol. The van der Waals surface area contributed by atoms with Crippen LogP contribution in [-0.2, 0) is 14.3 Å². The van der Waals surface area contributed by atoms with E-state index in [1.807, 2.05) is 0 Å². The Labute approximate surface area is 152 Å². The molecular formula is C18H23ClN2O4. The molecule has 0 aliphatic heterocycles. The van der Waals surface area contributed by atoms with Crippen LogP contribution in [0.1, 0.15) is 43.0 Å². The Morgan fingerprint density at radius 1 is 1.16 bits per heavy atom. The monoisotopic (exact) mass is 366 g/mol. The van der Waals surface area contributed by atoms with Gasteiger partial charge >= 0.3 is 5.97 Å². The van der Waals surface area contributed by atoms with Gasteiger partial charge in [-0.15, -0.1) is 0 Å². The van der Waals surface area contributed by atoms with Gasteiger partial charge in [0.25, 0.3) is 11.8 Å². The number of ether oxygens (including phenoxy) is 1. The summed E-state index contributed by atoms with van der Waals surface area (Å²) in [5, 5.41) is 5.87. The zero-order valence-corrected chi connectivity index (χ0v) is 15.0. The first kappa shape index (κ1) is 19.2. The number of amides is 2. The van der Waals surface area contributed by atoms with Crippen molar-refractivity contribution in [1.82, 2.24) is 10.6 Å². The molecule has 1 aromatic carbocycles. The number of carbonyl (C=O) groups is 3. The molecule has 2 rings (SSSR count). The van der Waals surface area contributed by atoms with Crippen LogP contribution in [0.5, 0.6) is 0 Å². The lowest BCUT2D eigenvalue weighted by molar-refractivity contribution is -0.147. The number of carbonyl (C=O) groups excluding carboxylic acids is 3. The van der Waals surface area contributed by atoms with Crippen molar-refractivity contribution in [3.63, 3.8) is 0 Å². The molecule has 2 amide bonds. The molecular weight excluding hydrogens is 344 g/mol. The topological polar surface area (TPSA) is 84.5 Å². The highest BCUT2D eigenvalue weighted by Crippen LogP contribution is 2.23. The maximum Gasteiger partial charge on any atom is 0.325 e. The van der Waals surface area contributed by atoms with Crippen LogP contribution >= 0.6 is 11.6 Å². The lowest BCUT2D eigenvalue weighted by Gasteiger charge is -2.29. The largest absolute Gasteiger partial charge is 0.454 e. The molecule has 0 radical (unpaired) electrons. The first-order valence-corrected chi connectivity index (χ1v) is 8.82. The summed E-state index contributed by atoms with van der Waals surface area (Å²) in [5.41, 5.74) is 0.390. The zero-order chi connectivity index (χ0) is 18.2. The quantitative estimate of drug-likeness (QED) is 0.756. The minimum Gasteiger partial charge on any atom is -0.454 e. The van der Waals surface area contributed by atoms with E-state index in [0.717, 1.165) is 19.3 Å². The minimum absolute atomic E-state index is 0.143. The fraction of sp³-hybridized carbons (Fsp3) is 0.500. The molecule has 0 spiro atoms. The number of hydrogen-bond donors (Lipinski definition) is 2. The van der Waals surface area contributed by atoms with E-state index in [9.17, 15) is 14.4 Å². The van der Waals surface area contributed by atoms with Crippen LogP contribution in [-0.4, -0.2) is 37.0 Å². The number of benzene rings is 1. The van der Waals surface area contributed by atoms with E-state index in [4.69, 9.17) is 16.3 Å². The third-order valence-corrected chi connectivity index (χ3v) is 4.57. The van der Waals surface area contributed by atoms with Gasteiger partial charge in [0, 0.05) is 16.6 Å². The molecule has 2 N–H and O–H groups in total. The third-order valence-electron chi connectivity index (χ3n) is 4.32. The molecule has 0 saturated heterocycles. The van der Waals surface area contributed by atoms with Crippen molar-refractivity contribution in [2.75, 3.05) is 13.2 Å². The molecule has 7 heteroatoms. The number of esters is 1. The second-order valence-corrected chi connectivity index (χ2v) is 6.72. The SMILES string of the molecule is C[C@H]1CCCC[C@@H]1NC(=O)COC(=O)CNC(=O)c1ccc(Cl)cc1. The maximum atomic E-state index is 11.9. The summed E-state index contributed by atoms with van der Waals surface area (Å²) >= 11 is 5.75. The zero-order valence-electron chi connectivity index (χ0n) is 14.2. The van der Waals surface area contributed by atoms with Gasteiger partial charge in [0.05, 0.1) is 0 Å². The lowest BCUT2D eigenvalue weighted by Crippen LogP contribution is -2.43. The van der Waals surface area contributed by atoms with Gasteiger partial charge in [0.1, 0.15) is 6.54 Å². The highest BCUT2D eigenvalue weighted by Gasteiger charge is 2.23. The van der Waals surface area contributed by atoms with Crippen molar-refractivity contribution in [3.05, 3.63) is 34.9 Å². The first-order valence-electron chi connectivity index (χ1n) is 8.44. The van der Waals surface area contributed by atoms with Gasteiger partial charge < -0.3 is 15.4 Å². The fourth-order valence-electron chi connectivity index (χ4n) is 2.83. The smallest absolute Gasteiger partial charge is 0.325 e. The van der Waals surface area contributed by atoms with Crippen molar-refractivity contribution in [2.45, 2.75) is 38.6 Å². The average Bonchev–Trinajstić information content (AvgIpc) is 2.60. The van der Waals surface area contributed by atoms with Crippen LogP contribution in [0.2, 0.25) is 5.02 Å². The highest BCUT2D eigenvalue weighted by atomic mass is 35.5. The van der Waals surface area contributed by atoms with Crippen LogP contribution in [0, 0.1) is 5.92 Å². The molecule has 0 unspecified atom stereocenters. The van der Waals surface area contributed by atoms with Crippen LogP contribution in [0.15, 0.2) is 24.3 Å². The van der Waals surface area contributed by atoms with E-state index in [-0.39, 0.29) is 25.1 Å². The van der Waals surface area contributed by atoms with Gasteiger partial charge in [-0.2, -0.15) is 0 Å². The van der Waals surface area contributed by atoms with Crippen molar-refractivity contribution >= 4 is 29.4 Å². The number of nitrogens with one attached hydrogen (secondary N) is 2. The summed E-state index contributed by atoms with van der Waals surface area (Å²) in [4.78, 5) is 35.4. The van der Waals surface area contributed by atoms with E-state index < -0.39 is 11.9 Å². The Balaban J connectivity index is 1.67. The van der Waals surface area contributed by atoms with Crippen LogP contribution < -0.4 is 10.6 Å². The molecule has 6 nitrogen and oxygen atoms in total. The molecule has 136 valence electrons. The van der Waals surface area contributed by atoms with E-state index in [2.05, 4.69) is 17.6 Å². The maximum absolute atomic E-state index is 11.9. The summed E-state index contributed by atoms with van der Waals surface area (Å²) in [6.45, 7) is 1.48. The van der Waals surface area contributed by atoms with E-state index >= 15 is 0 Å². The van der Waals surface area contributed by atoms with Crippen LogP contribution in [0.3, 0.4) is 0 Å². The summed E-state index contributed by atoms with van der Waals surface area (Å²) in [6.07, 6.45) is 4.35. The number of hydrogen-bond acceptors (Lipinski definition) is 4. The van der Waals surface area contributed by atoms with Crippen molar-refractivity contribution in [3.8, 4) is 0 Å². The standard InChI is InChI=1S/C18H23ClN2O4/c1-12-4-2-3-5-15(12)21-16(22)11-25-17(23)10-20-18(24)13-6-8-14(19)9-7-13/h6-9,12,15H,2-5,10-11H2,1H3,(H,20,24)(H,21,22)/t12-,15-/m0/s1. The molecule has 1 aromatic rings. The van der Waals surface area contributed by atoms with Gasteiger partial charge in [-0.05, 0) is 43.0 Å². The molecule has 1 saturated carbocycles. The van der Waals surface area contributed by atoms with Gasteiger partial charge in [0.2, 0.25) is 0 Å². The molecule has 1 fully saturated rings. The molecule has 0 heterocycles. The minimum atomic E-state index is -0.658. The Bertz CT molecular complexity index is 618. The predicted octanol–water partition coefficient (Wildman–Crippen LogP) is 2.31. The Hall–Kier alpha value is -2.08. The lowest BCUT2D eigenvalue weighted by atomic mass is 9.86. The van der Waals surface area contributed by atoms with E-state index in [1.165, 1.54) is 6.42 Å².